The van der Waals surface area contributed by atoms with Crippen LogP contribution in [0.5, 0.6) is 0 Å². The number of aryl methyl sites for hydroxylation is 1. The quantitative estimate of drug-likeness (QED) is 0.774. The van der Waals surface area contributed by atoms with Gasteiger partial charge in [-0.25, -0.2) is 0 Å². The van der Waals surface area contributed by atoms with Crippen molar-refractivity contribution in [2.75, 3.05) is 5.32 Å². The van der Waals surface area contributed by atoms with E-state index in [1.807, 2.05) is 31.2 Å². The molecule has 0 aliphatic rings. The van der Waals surface area contributed by atoms with Gasteiger partial charge in [0.1, 0.15) is 5.69 Å². The van der Waals surface area contributed by atoms with Crippen LogP contribution >= 0.6 is 0 Å². The van der Waals surface area contributed by atoms with Crippen LogP contribution in [0.25, 0.3) is 11.4 Å². The van der Waals surface area contributed by atoms with Gasteiger partial charge in [0.25, 0.3) is 5.91 Å². The highest BCUT2D eigenvalue weighted by Crippen LogP contribution is 2.23. The lowest BCUT2D eigenvalue weighted by Crippen LogP contribution is -2.12. The lowest BCUT2D eigenvalue weighted by molar-refractivity contribution is 0.102. The number of amides is 1. The largest absolute Gasteiger partial charge is 0.319 e. The zero-order valence-corrected chi connectivity index (χ0v) is 12.1. The van der Waals surface area contributed by atoms with Gasteiger partial charge in [0.2, 0.25) is 0 Å². The van der Waals surface area contributed by atoms with Crippen molar-refractivity contribution in [3.63, 3.8) is 0 Å². The monoisotopic (exact) mass is 293 g/mol. The SMILES string of the molecule is CCc1cncc(C(=O)Nc2cn[nH]c2-c2ccccn2)c1. The van der Waals surface area contributed by atoms with Gasteiger partial charge in [0, 0.05) is 18.6 Å². The van der Waals surface area contributed by atoms with Crippen molar-refractivity contribution in [3.8, 4) is 11.4 Å². The van der Waals surface area contributed by atoms with Crippen molar-refractivity contribution in [1.29, 1.82) is 0 Å². The first-order chi connectivity index (χ1) is 10.8. The van der Waals surface area contributed by atoms with Gasteiger partial charge in [0.05, 0.1) is 23.1 Å². The van der Waals surface area contributed by atoms with Crippen molar-refractivity contribution >= 4 is 11.6 Å². The molecule has 0 saturated heterocycles. The van der Waals surface area contributed by atoms with Crippen LogP contribution in [-0.2, 0) is 6.42 Å². The summed E-state index contributed by atoms with van der Waals surface area (Å²) < 4.78 is 0. The number of rotatable bonds is 4. The Morgan fingerprint density at radius 2 is 2.18 bits per heavy atom. The summed E-state index contributed by atoms with van der Waals surface area (Å²) in [6.07, 6.45) is 7.40. The maximum Gasteiger partial charge on any atom is 0.257 e. The second-order valence-corrected chi connectivity index (χ2v) is 4.76. The third-order valence-corrected chi connectivity index (χ3v) is 3.27. The van der Waals surface area contributed by atoms with E-state index in [1.165, 1.54) is 0 Å². The Morgan fingerprint density at radius 3 is 2.95 bits per heavy atom. The van der Waals surface area contributed by atoms with Crippen LogP contribution in [0.3, 0.4) is 0 Å². The zero-order chi connectivity index (χ0) is 15.4. The molecular formula is C16H15N5O. The smallest absolute Gasteiger partial charge is 0.257 e. The molecule has 0 aromatic carbocycles. The van der Waals surface area contributed by atoms with Gasteiger partial charge in [-0.05, 0) is 30.2 Å². The molecule has 0 aliphatic carbocycles. The number of nitrogens with one attached hydrogen (secondary N) is 2. The van der Waals surface area contributed by atoms with E-state index in [-0.39, 0.29) is 5.91 Å². The summed E-state index contributed by atoms with van der Waals surface area (Å²) in [5.74, 6) is -0.221. The minimum absolute atomic E-state index is 0.221. The molecular weight excluding hydrogens is 278 g/mol. The second-order valence-electron chi connectivity index (χ2n) is 4.76. The molecule has 1 amide bonds. The van der Waals surface area contributed by atoms with Gasteiger partial charge < -0.3 is 5.32 Å². The number of pyridine rings is 2. The Hall–Kier alpha value is -3.02. The van der Waals surface area contributed by atoms with E-state index >= 15 is 0 Å². The van der Waals surface area contributed by atoms with Crippen molar-refractivity contribution in [1.82, 2.24) is 20.2 Å². The lowest BCUT2D eigenvalue weighted by atomic mass is 10.1. The summed E-state index contributed by atoms with van der Waals surface area (Å²) in [7, 11) is 0. The predicted molar refractivity (Wildman–Crippen MR) is 83.4 cm³/mol. The lowest BCUT2D eigenvalue weighted by Gasteiger charge is -2.06. The molecule has 0 saturated carbocycles. The van der Waals surface area contributed by atoms with Crippen LogP contribution in [0, 0.1) is 0 Å². The summed E-state index contributed by atoms with van der Waals surface area (Å²) in [5, 5.41) is 9.69. The third kappa shape index (κ3) is 2.85. The highest BCUT2D eigenvalue weighted by Gasteiger charge is 2.13. The number of carbonyl (C=O) groups is 1. The molecule has 0 atom stereocenters. The molecule has 3 rings (SSSR count). The van der Waals surface area contributed by atoms with Gasteiger partial charge in [-0.3, -0.25) is 19.9 Å². The van der Waals surface area contributed by atoms with Crippen molar-refractivity contribution in [3.05, 3.63) is 60.2 Å². The maximum absolute atomic E-state index is 12.4. The Bertz CT molecular complexity index is 782. The molecule has 0 radical (unpaired) electrons. The van der Waals surface area contributed by atoms with Crippen molar-refractivity contribution < 1.29 is 4.79 Å². The molecule has 0 spiro atoms. The second kappa shape index (κ2) is 6.17. The molecule has 0 unspecified atom stereocenters. The fourth-order valence-corrected chi connectivity index (χ4v) is 2.09. The molecule has 3 aromatic heterocycles. The minimum atomic E-state index is -0.221. The first-order valence-electron chi connectivity index (χ1n) is 6.98. The van der Waals surface area contributed by atoms with Crippen LogP contribution in [0.4, 0.5) is 5.69 Å². The van der Waals surface area contributed by atoms with E-state index in [0.717, 1.165) is 17.7 Å². The molecule has 0 aliphatic heterocycles. The van der Waals surface area contributed by atoms with E-state index in [1.54, 1.807) is 24.8 Å². The van der Waals surface area contributed by atoms with Crippen molar-refractivity contribution in [2.45, 2.75) is 13.3 Å². The Morgan fingerprint density at radius 1 is 1.27 bits per heavy atom. The van der Waals surface area contributed by atoms with E-state index in [9.17, 15) is 4.79 Å². The number of aromatic amines is 1. The number of nitrogens with zero attached hydrogens (tertiary/aromatic N) is 3. The average Bonchev–Trinajstić information content (AvgIpc) is 3.04. The molecule has 6 heteroatoms. The standard InChI is InChI=1S/C16H15N5O/c1-2-11-7-12(9-17-8-11)16(22)20-14-10-19-21-15(14)13-5-3-4-6-18-13/h3-10H,2H2,1H3,(H,19,21)(H,20,22). The summed E-state index contributed by atoms with van der Waals surface area (Å²) in [5.41, 5.74) is 3.52. The fourth-order valence-electron chi connectivity index (χ4n) is 2.09. The highest BCUT2D eigenvalue weighted by molar-refractivity contribution is 6.05. The summed E-state index contributed by atoms with van der Waals surface area (Å²) in [6, 6.07) is 7.40. The van der Waals surface area contributed by atoms with Gasteiger partial charge in [-0.15, -0.1) is 0 Å². The first-order valence-corrected chi connectivity index (χ1v) is 6.98. The number of hydrogen-bond acceptors (Lipinski definition) is 4. The third-order valence-electron chi connectivity index (χ3n) is 3.27. The normalized spacial score (nSPS) is 10.4. The number of aromatic nitrogens is 4. The van der Waals surface area contributed by atoms with Gasteiger partial charge in [0.15, 0.2) is 0 Å². The average molecular weight is 293 g/mol. The van der Waals surface area contributed by atoms with E-state index < -0.39 is 0 Å². The van der Waals surface area contributed by atoms with Gasteiger partial charge in [-0.2, -0.15) is 5.10 Å². The maximum atomic E-state index is 12.4. The van der Waals surface area contributed by atoms with Gasteiger partial charge in [-0.1, -0.05) is 13.0 Å². The van der Waals surface area contributed by atoms with E-state index in [4.69, 9.17) is 0 Å². The number of H-pyrrole nitrogens is 1. The van der Waals surface area contributed by atoms with Crippen LogP contribution in [0.1, 0.15) is 22.8 Å². The minimum Gasteiger partial charge on any atom is -0.319 e. The van der Waals surface area contributed by atoms with Crippen LogP contribution in [0.2, 0.25) is 0 Å². The molecule has 0 fully saturated rings. The molecule has 3 heterocycles. The summed E-state index contributed by atoms with van der Waals surface area (Å²) in [6.45, 7) is 2.02. The molecule has 3 aromatic rings. The zero-order valence-electron chi connectivity index (χ0n) is 12.1. The van der Waals surface area contributed by atoms with Crippen LogP contribution < -0.4 is 5.32 Å². The fraction of sp³-hybridized carbons (Fsp3) is 0.125. The molecule has 22 heavy (non-hydrogen) atoms. The predicted octanol–water partition coefficient (Wildman–Crippen LogP) is 2.68. The number of hydrogen-bond donors (Lipinski definition) is 2. The van der Waals surface area contributed by atoms with Crippen LogP contribution in [0.15, 0.2) is 49.1 Å². The summed E-state index contributed by atoms with van der Waals surface area (Å²) in [4.78, 5) is 20.7. The summed E-state index contributed by atoms with van der Waals surface area (Å²) >= 11 is 0. The Balaban J connectivity index is 1.85. The Kier molecular flexibility index (Phi) is 3.91. The van der Waals surface area contributed by atoms with Crippen LogP contribution in [-0.4, -0.2) is 26.1 Å². The topological polar surface area (TPSA) is 83.6 Å². The molecule has 2 N–H and O–H groups in total. The van der Waals surface area contributed by atoms with E-state index in [0.29, 0.717) is 16.9 Å². The first kappa shape index (κ1) is 13.9. The molecule has 0 bridgehead atoms. The van der Waals surface area contributed by atoms with Gasteiger partial charge >= 0.3 is 0 Å². The number of carbonyl (C=O) groups excluding carboxylic acids is 1. The van der Waals surface area contributed by atoms with Crippen molar-refractivity contribution in [2.24, 2.45) is 0 Å². The number of anilines is 1. The van der Waals surface area contributed by atoms with E-state index in [2.05, 4.69) is 25.5 Å². The highest BCUT2D eigenvalue weighted by atomic mass is 16.1. The Labute approximate surface area is 127 Å². The molecule has 110 valence electrons. The molecule has 6 nitrogen and oxygen atoms in total.